The normalized spacial score (nSPS) is 34.7. The second-order valence-corrected chi connectivity index (χ2v) is 7.38. The summed E-state index contributed by atoms with van der Waals surface area (Å²) in [5.74, 6) is 0.341. The molecular formula is C18H32O3. The fourth-order valence-electron chi connectivity index (χ4n) is 3.53. The SMILES string of the molecule is C=C(C)CCC(O)C(C)CCCC1(C)OCC2CCC1O2. The van der Waals surface area contributed by atoms with Crippen LogP contribution in [0.25, 0.3) is 0 Å². The van der Waals surface area contributed by atoms with E-state index in [0.29, 0.717) is 12.0 Å². The van der Waals surface area contributed by atoms with E-state index < -0.39 is 0 Å². The summed E-state index contributed by atoms with van der Waals surface area (Å²) in [6.07, 6.45) is 7.61. The van der Waals surface area contributed by atoms with Crippen LogP contribution in [0.5, 0.6) is 0 Å². The van der Waals surface area contributed by atoms with Crippen LogP contribution in [0.2, 0.25) is 0 Å². The van der Waals surface area contributed by atoms with Gasteiger partial charge in [-0.2, -0.15) is 0 Å². The van der Waals surface area contributed by atoms with Gasteiger partial charge in [-0.1, -0.05) is 18.9 Å². The van der Waals surface area contributed by atoms with Crippen LogP contribution in [-0.4, -0.2) is 35.6 Å². The lowest BCUT2D eigenvalue weighted by molar-refractivity contribution is -0.201. The summed E-state index contributed by atoms with van der Waals surface area (Å²) >= 11 is 0. The quantitative estimate of drug-likeness (QED) is 0.692. The Morgan fingerprint density at radius 1 is 1.38 bits per heavy atom. The molecule has 0 saturated carbocycles. The van der Waals surface area contributed by atoms with Crippen molar-refractivity contribution >= 4 is 0 Å². The maximum Gasteiger partial charge on any atom is 0.0916 e. The lowest BCUT2D eigenvalue weighted by atomic mass is 9.87. The van der Waals surface area contributed by atoms with Gasteiger partial charge in [-0.05, 0) is 58.3 Å². The molecule has 2 saturated heterocycles. The topological polar surface area (TPSA) is 38.7 Å². The Balaban J connectivity index is 1.69. The smallest absolute Gasteiger partial charge is 0.0916 e. The number of ether oxygens (including phenoxy) is 2. The Kier molecular flexibility index (Phi) is 5.87. The highest BCUT2D eigenvalue weighted by atomic mass is 16.6. The monoisotopic (exact) mass is 296 g/mol. The highest BCUT2D eigenvalue weighted by Crippen LogP contribution is 2.39. The predicted octanol–water partition coefficient (Wildman–Crippen LogP) is 3.85. The molecule has 2 fully saturated rings. The molecule has 122 valence electrons. The fourth-order valence-corrected chi connectivity index (χ4v) is 3.53. The van der Waals surface area contributed by atoms with E-state index in [2.05, 4.69) is 20.4 Å². The zero-order chi connectivity index (χ0) is 15.5. The largest absolute Gasteiger partial charge is 0.393 e. The van der Waals surface area contributed by atoms with Gasteiger partial charge >= 0.3 is 0 Å². The molecular weight excluding hydrogens is 264 g/mol. The lowest BCUT2D eigenvalue weighted by Crippen LogP contribution is -2.47. The van der Waals surface area contributed by atoms with Crippen molar-refractivity contribution in [1.29, 1.82) is 0 Å². The number of aliphatic hydroxyl groups excluding tert-OH is 1. The van der Waals surface area contributed by atoms with E-state index in [-0.39, 0.29) is 17.8 Å². The zero-order valence-electron chi connectivity index (χ0n) is 13.9. The third-order valence-corrected chi connectivity index (χ3v) is 5.24. The molecule has 0 aliphatic carbocycles. The highest BCUT2D eigenvalue weighted by molar-refractivity contribution is 4.94. The molecule has 0 aromatic carbocycles. The van der Waals surface area contributed by atoms with E-state index >= 15 is 0 Å². The van der Waals surface area contributed by atoms with Crippen molar-refractivity contribution in [3.63, 3.8) is 0 Å². The molecule has 0 spiro atoms. The van der Waals surface area contributed by atoms with Crippen LogP contribution in [-0.2, 0) is 9.47 Å². The third kappa shape index (κ3) is 4.54. The Bertz CT molecular complexity index is 354. The zero-order valence-corrected chi connectivity index (χ0v) is 13.9. The molecule has 5 unspecified atom stereocenters. The van der Waals surface area contributed by atoms with Crippen molar-refractivity contribution in [2.75, 3.05) is 6.61 Å². The van der Waals surface area contributed by atoms with E-state index in [0.717, 1.165) is 57.1 Å². The van der Waals surface area contributed by atoms with E-state index in [1.165, 1.54) is 0 Å². The van der Waals surface area contributed by atoms with Gasteiger partial charge in [-0.15, -0.1) is 6.58 Å². The number of fused-ring (bicyclic) bond motifs is 2. The van der Waals surface area contributed by atoms with E-state index in [4.69, 9.17) is 9.47 Å². The Morgan fingerprint density at radius 2 is 2.14 bits per heavy atom. The second kappa shape index (κ2) is 7.26. The van der Waals surface area contributed by atoms with Gasteiger partial charge in [0.2, 0.25) is 0 Å². The van der Waals surface area contributed by atoms with Crippen molar-refractivity contribution in [1.82, 2.24) is 0 Å². The van der Waals surface area contributed by atoms with Crippen LogP contribution < -0.4 is 0 Å². The summed E-state index contributed by atoms with van der Waals surface area (Å²) in [7, 11) is 0. The summed E-state index contributed by atoms with van der Waals surface area (Å²) in [5, 5.41) is 10.2. The highest BCUT2D eigenvalue weighted by Gasteiger charge is 2.45. The predicted molar refractivity (Wildman–Crippen MR) is 85.3 cm³/mol. The van der Waals surface area contributed by atoms with Gasteiger partial charge in [-0.3, -0.25) is 0 Å². The van der Waals surface area contributed by atoms with Gasteiger partial charge in [0.15, 0.2) is 0 Å². The minimum Gasteiger partial charge on any atom is -0.393 e. The summed E-state index contributed by atoms with van der Waals surface area (Å²) in [4.78, 5) is 0. The molecule has 3 heteroatoms. The molecule has 2 rings (SSSR count). The van der Waals surface area contributed by atoms with E-state index in [1.807, 2.05) is 6.92 Å². The van der Waals surface area contributed by atoms with Crippen molar-refractivity contribution in [2.45, 2.75) is 89.6 Å². The first-order valence-corrected chi connectivity index (χ1v) is 8.52. The fraction of sp³-hybridized carbons (Fsp3) is 0.889. The Morgan fingerprint density at radius 3 is 2.86 bits per heavy atom. The van der Waals surface area contributed by atoms with Crippen LogP contribution in [0, 0.1) is 5.92 Å². The van der Waals surface area contributed by atoms with E-state index in [1.54, 1.807) is 0 Å². The maximum absolute atomic E-state index is 10.2. The molecule has 21 heavy (non-hydrogen) atoms. The maximum atomic E-state index is 10.2. The molecule has 0 aromatic rings. The molecule has 2 aliphatic rings. The summed E-state index contributed by atoms with van der Waals surface area (Å²) < 4.78 is 12.1. The standard InChI is InChI=1S/C18H32O3/c1-13(2)7-9-16(19)14(3)6-5-11-18(4)17-10-8-15(21-17)12-20-18/h14-17,19H,1,5-12H2,2-4H3. The average Bonchev–Trinajstić information content (AvgIpc) is 2.86. The van der Waals surface area contributed by atoms with Crippen LogP contribution in [0.4, 0.5) is 0 Å². The first-order chi connectivity index (χ1) is 9.90. The van der Waals surface area contributed by atoms with Gasteiger partial charge < -0.3 is 14.6 Å². The van der Waals surface area contributed by atoms with Crippen molar-refractivity contribution in [3.8, 4) is 0 Å². The number of rotatable bonds is 8. The van der Waals surface area contributed by atoms with Gasteiger partial charge in [0.25, 0.3) is 0 Å². The van der Waals surface area contributed by atoms with Crippen LogP contribution in [0.1, 0.15) is 65.7 Å². The summed E-state index contributed by atoms with van der Waals surface area (Å²) in [6.45, 7) is 11.0. The summed E-state index contributed by atoms with van der Waals surface area (Å²) in [6, 6.07) is 0. The lowest BCUT2D eigenvalue weighted by Gasteiger charge is -2.39. The van der Waals surface area contributed by atoms with E-state index in [9.17, 15) is 5.11 Å². The van der Waals surface area contributed by atoms with Crippen LogP contribution in [0.3, 0.4) is 0 Å². The molecule has 0 radical (unpaired) electrons. The first-order valence-electron chi connectivity index (χ1n) is 8.52. The number of aliphatic hydroxyl groups is 1. The minimum absolute atomic E-state index is 0.116. The van der Waals surface area contributed by atoms with Crippen LogP contribution in [0.15, 0.2) is 12.2 Å². The molecule has 0 aromatic heterocycles. The molecule has 2 aliphatic heterocycles. The van der Waals surface area contributed by atoms with Crippen molar-refractivity contribution in [3.05, 3.63) is 12.2 Å². The number of hydrogen-bond acceptors (Lipinski definition) is 3. The number of allylic oxidation sites excluding steroid dienone is 1. The first kappa shape index (κ1) is 17.0. The average molecular weight is 296 g/mol. The van der Waals surface area contributed by atoms with Crippen LogP contribution >= 0.6 is 0 Å². The Hall–Kier alpha value is -0.380. The third-order valence-electron chi connectivity index (χ3n) is 5.24. The molecule has 0 amide bonds. The second-order valence-electron chi connectivity index (χ2n) is 7.38. The number of hydrogen-bond donors (Lipinski definition) is 1. The van der Waals surface area contributed by atoms with Gasteiger partial charge in [0.05, 0.1) is 30.5 Å². The molecule has 2 heterocycles. The van der Waals surface area contributed by atoms with Gasteiger partial charge in [0.1, 0.15) is 0 Å². The van der Waals surface area contributed by atoms with Crippen molar-refractivity contribution in [2.24, 2.45) is 5.92 Å². The van der Waals surface area contributed by atoms with Gasteiger partial charge in [0, 0.05) is 0 Å². The molecule has 3 nitrogen and oxygen atoms in total. The summed E-state index contributed by atoms with van der Waals surface area (Å²) in [5.41, 5.74) is 1.03. The molecule has 5 atom stereocenters. The minimum atomic E-state index is -0.214. The molecule has 2 bridgehead atoms. The Labute approximate surface area is 129 Å². The van der Waals surface area contributed by atoms with Gasteiger partial charge in [-0.25, -0.2) is 0 Å². The molecule has 1 N–H and O–H groups in total. The van der Waals surface area contributed by atoms with Crippen molar-refractivity contribution < 1.29 is 14.6 Å².